The van der Waals surface area contributed by atoms with E-state index in [1.54, 1.807) is 60.7 Å². The first-order chi connectivity index (χ1) is 14.6. The largest absolute Gasteiger partial charge is 0.268 e. The van der Waals surface area contributed by atoms with Crippen LogP contribution in [-0.4, -0.2) is 23.4 Å². The van der Waals surface area contributed by atoms with Crippen LogP contribution in [0.15, 0.2) is 94.9 Å². The smallest absolute Gasteiger partial charge is 0.258 e. The SMILES string of the molecule is C=C1CN(S(=O)(=O)c2ccc(C)cc2)c2ccccc2N1S(=O)(=O)c1ccc(C)cc1. The van der Waals surface area contributed by atoms with Crippen LogP contribution >= 0.6 is 0 Å². The Morgan fingerprint density at radius 2 is 1.13 bits per heavy atom. The molecule has 0 fully saturated rings. The number of hydrogen-bond donors (Lipinski definition) is 0. The van der Waals surface area contributed by atoms with Crippen molar-refractivity contribution in [3.05, 3.63) is 96.2 Å². The summed E-state index contributed by atoms with van der Waals surface area (Å²) < 4.78 is 56.0. The Morgan fingerprint density at radius 3 is 1.65 bits per heavy atom. The first-order valence-corrected chi connectivity index (χ1v) is 12.5. The molecule has 1 aliphatic heterocycles. The molecule has 0 saturated heterocycles. The van der Waals surface area contributed by atoms with Gasteiger partial charge >= 0.3 is 0 Å². The van der Waals surface area contributed by atoms with Crippen molar-refractivity contribution in [3.63, 3.8) is 0 Å². The first-order valence-electron chi connectivity index (χ1n) is 9.60. The van der Waals surface area contributed by atoms with Crippen LogP contribution < -0.4 is 8.61 Å². The minimum Gasteiger partial charge on any atom is -0.258 e. The Kier molecular flexibility index (Phi) is 5.15. The van der Waals surface area contributed by atoms with Crippen molar-refractivity contribution in [2.45, 2.75) is 23.6 Å². The van der Waals surface area contributed by atoms with Gasteiger partial charge in [-0.1, -0.05) is 54.1 Å². The molecule has 4 rings (SSSR count). The standard InChI is InChI=1S/C23H22N2O4S2/c1-17-8-12-20(13-9-17)30(26,27)24-16-19(3)25(23-7-5-4-6-22(23)24)31(28,29)21-14-10-18(2)11-15-21/h4-15H,3,16H2,1-2H3. The van der Waals surface area contributed by atoms with Crippen molar-refractivity contribution in [1.82, 2.24) is 0 Å². The molecule has 0 atom stereocenters. The van der Waals surface area contributed by atoms with Crippen LogP contribution in [0.5, 0.6) is 0 Å². The summed E-state index contributed by atoms with van der Waals surface area (Å²) in [5, 5.41) is 0. The minimum atomic E-state index is -3.97. The monoisotopic (exact) mass is 454 g/mol. The topological polar surface area (TPSA) is 74.8 Å². The molecule has 1 aliphatic rings. The summed E-state index contributed by atoms with van der Waals surface area (Å²) in [5.74, 6) is 0. The summed E-state index contributed by atoms with van der Waals surface area (Å²) in [6.45, 7) is 7.49. The van der Waals surface area contributed by atoms with Gasteiger partial charge in [-0.2, -0.15) is 0 Å². The van der Waals surface area contributed by atoms with Gasteiger partial charge in [0.1, 0.15) is 0 Å². The quantitative estimate of drug-likeness (QED) is 0.592. The van der Waals surface area contributed by atoms with Gasteiger partial charge in [-0.25, -0.2) is 21.1 Å². The fourth-order valence-electron chi connectivity index (χ4n) is 3.50. The number of fused-ring (bicyclic) bond motifs is 1. The van der Waals surface area contributed by atoms with E-state index in [1.165, 1.54) is 16.4 Å². The maximum absolute atomic E-state index is 13.4. The van der Waals surface area contributed by atoms with Crippen LogP contribution in [0, 0.1) is 13.8 Å². The molecule has 31 heavy (non-hydrogen) atoms. The van der Waals surface area contributed by atoms with Crippen LogP contribution in [0.2, 0.25) is 0 Å². The Balaban J connectivity index is 1.84. The van der Waals surface area contributed by atoms with E-state index in [1.807, 2.05) is 13.8 Å². The number of para-hydroxylation sites is 2. The molecule has 0 aliphatic carbocycles. The number of anilines is 2. The molecular weight excluding hydrogens is 432 g/mol. The third kappa shape index (κ3) is 3.62. The van der Waals surface area contributed by atoms with Crippen molar-refractivity contribution in [2.75, 3.05) is 15.2 Å². The van der Waals surface area contributed by atoms with E-state index in [-0.39, 0.29) is 33.4 Å². The number of sulfonamides is 2. The number of rotatable bonds is 4. The molecular formula is C23H22N2O4S2. The van der Waals surface area contributed by atoms with Gasteiger partial charge in [-0.3, -0.25) is 4.31 Å². The highest BCUT2D eigenvalue weighted by Crippen LogP contribution is 2.42. The van der Waals surface area contributed by atoms with Crippen molar-refractivity contribution < 1.29 is 16.8 Å². The van der Waals surface area contributed by atoms with Crippen molar-refractivity contribution in [3.8, 4) is 0 Å². The van der Waals surface area contributed by atoms with E-state index >= 15 is 0 Å². The van der Waals surface area contributed by atoms with Crippen LogP contribution in [0.1, 0.15) is 11.1 Å². The molecule has 0 aromatic heterocycles. The van der Waals surface area contributed by atoms with Crippen molar-refractivity contribution >= 4 is 31.4 Å². The molecule has 0 spiro atoms. The lowest BCUT2D eigenvalue weighted by molar-refractivity contribution is 0.586. The highest BCUT2D eigenvalue weighted by Gasteiger charge is 2.39. The van der Waals surface area contributed by atoms with Crippen LogP contribution in [0.4, 0.5) is 11.4 Å². The van der Waals surface area contributed by atoms with Gasteiger partial charge in [-0.15, -0.1) is 0 Å². The van der Waals surface area contributed by atoms with E-state index in [2.05, 4.69) is 6.58 Å². The summed E-state index contributed by atoms with van der Waals surface area (Å²) >= 11 is 0. The fraction of sp³-hybridized carbons (Fsp3) is 0.130. The van der Waals surface area contributed by atoms with Crippen LogP contribution in [0.25, 0.3) is 0 Å². The lowest BCUT2D eigenvalue weighted by atomic mass is 10.2. The van der Waals surface area contributed by atoms with Gasteiger partial charge in [0.25, 0.3) is 20.0 Å². The zero-order chi connectivity index (χ0) is 22.4. The molecule has 0 amide bonds. The summed E-state index contributed by atoms with van der Waals surface area (Å²) in [6.07, 6.45) is 0. The summed E-state index contributed by atoms with van der Waals surface area (Å²) in [4.78, 5) is 0.249. The van der Waals surface area contributed by atoms with Gasteiger partial charge in [-0.05, 0) is 50.2 Å². The average Bonchev–Trinajstić information content (AvgIpc) is 2.73. The highest BCUT2D eigenvalue weighted by molar-refractivity contribution is 7.93. The predicted molar refractivity (Wildman–Crippen MR) is 122 cm³/mol. The molecule has 8 heteroatoms. The Bertz CT molecular complexity index is 1360. The molecule has 0 radical (unpaired) electrons. The zero-order valence-corrected chi connectivity index (χ0v) is 18.8. The third-order valence-electron chi connectivity index (χ3n) is 5.15. The minimum absolute atomic E-state index is 0.115. The molecule has 0 saturated carbocycles. The van der Waals surface area contributed by atoms with E-state index in [4.69, 9.17) is 0 Å². The van der Waals surface area contributed by atoms with Crippen LogP contribution in [0.3, 0.4) is 0 Å². The second-order valence-corrected chi connectivity index (χ2v) is 11.1. The number of nitrogens with zero attached hydrogens (tertiary/aromatic N) is 2. The summed E-state index contributed by atoms with van der Waals surface area (Å²) in [5.41, 5.74) is 2.56. The molecule has 6 nitrogen and oxygen atoms in total. The zero-order valence-electron chi connectivity index (χ0n) is 17.2. The molecule has 0 N–H and O–H groups in total. The van der Waals surface area contributed by atoms with E-state index in [9.17, 15) is 16.8 Å². The fourth-order valence-corrected chi connectivity index (χ4v) is 6.47. The highest BCUT2D eigenvalue weighted by atomic mass is 32.2. The summed E-state index contributed by atoms with van der Waals surface area (Å²) in [7, 11) is -7.88. The maximum atomic E-state index is 13.4. The average molecular weight is 455 g/mol. The predicted octanol–water partition coefficient (Wildman–Crippen LogP) is 4.22. The van der Waals surface area contributed by atoms with E-state index < -0.39 is 20.0 Å². The normalized spacial score (nSPS) is 14.5. The molecule has 0 bridgehead atoms. The molecule has 3 aromatic carbocycles. The Labute approximate surface area is 183 Å². The first kappa shape index (κ1) is 21.1. The van der Waals surface area contributed by atoms with Gasteiger partial charge in [0.15, 0.2) is 0 Å². The molecule has 3 aromatic rings. The number of hydrogen-bond acceptors (Lipinski definition) is 4. The second-order valence-electron chi connectivity index (χ2n) is 7.46. The lowest BCUT2D eigenvalue weighted by Crippen LogP contribution is -2.44. The summed E-state index contributed by atoms with van der Waals surface area (Å²) in [6, 6.07) is 19.6. The number of aryl methyl sites for hydroxylation is 2. The molecule has 0 unspecified atom stereocenters. The van der Waals surface area contributed by atoms with E-state index in [0.717, 1.165) is 15.4 Å². The Hall–Kier alpha value is -3.10. The third-order valence-corrected chi connectivity index (χ3v) is 8.73. The van der Waals surface area contributed by atoms with Gasteiger partial charge in [0.05, 0.1) is 27.7 Å². The van der Waals surface area contributed by atoms with Crippen molar-refractivity contribution in [2.24, 2.45) is 0 Å². The second kappa shape index (κ2) is 7.55. The van der Waals surface area contributed by atoms with Gasteiger partial charge in [0.2, 0.25) is 0 Å². The lowest BCUT2D eigenvalue weighted by Gasteiger charge is -2.38. The van der Waals surface area contributed by atoms with Crippen molar-refractivity contribution in [1.29, 1.82) is 0 Å². The maximum Gasteiger partial charge on any atom is 0.268 e. The van der Waals surface area contributed by atoms with Gasteiger partial charge < -0.3 is 0 Å². The van der Waals surface area contributed by atoms with Crippen LogP contribution in [-0.2, 0) is 20.0 Å². The van der Waals surface area contributed by atoms with Gasteiger partial charge in [0, 0.05) is 5.70 Å². The number of benzene rings is 3. The molecule has 160 valence electrons. The van der Waals surface area contributed by atoms with E-state index in [0.29, 0.717) is 0 Å². The Morgan fingerprint density at radius 1 is 0.677 bits per heavy atom. The molecule has 1 heterocycles.